The first-order chi connectivity index (χ1) is 13.7. The third-order valence-corrected chi connectivity index (χ3v) is 4.20. The molecule has 150 valence electrons. The van der Waals surface area contributed by atoms with Gasteiger partial charge in [0.1, 0.15) is 5.75 Å². The van der Waals surface area contributed by atoms with Gasteiger partial charge in [-0.1, -0.05) is 30.3 Å². The van der Waals surface area contributed by atoms with Crippen LogP contribution in [0.5, 0.6) is 11.5 Å². The van der Waals surface area contributed by atoms with Crippen molar-refractivity contribution < 1.29 is 27.3 Å². The van der Waals surface area contributed by atoms with E-state index in [1.54, 1.807) is 48.5 Å². The Morgan fingerprint density at radius 2 is 1.62 bits per heavy atom. The summed E-state index contributed by atoms with van der Waals surface area (Å²) in [5, 5.41) is 6.42. The Kier molecular flexibility index (Phi) is 5.66. The van der Waals surface area contributed by atoms with E-state index in [4.69, 9.17) is 9.29 Å². The molecule has 0 atom stereocenters. The maximum absolute atomic E-state index is 12.0. The van der Waals surface area contributed by atoms with Crippen LogP contribution in [0.3, 0.4) is 0 Å². The third kappa shape index (κ3) is 5.43. The first-order valence-electron chi connectivity index (χ1n) is 8.35. The molecule has 0 aliphatic heterocycles. The number of rotatable bonds is 5. The van der Waals surface area contributed by atoms with Crippen LogP contribution in [0.4, 0.5) is 16.2 Å². The number of carbonyl (C=O) groups excluding carboxylic acids is 2. The maximum Gasteiger partial charge on any atom is 0.361 e. The molecule has 9 nitrogen and oxygen atoms in total. The van der Waals surface area contributed by atoms with E-state index in [-0.39, 0.29) is 17.3 Å². The zero-order valence-electron chi connectivity index (χ0n) is 15.2. The molecule has 0 fully saturated rings. The zero-order chi connectivity index (χ0) is 21.0. The summed E-state index contributed by atoms with van der Waals surface area (Å²) < 4.78 is 37.9. The minimum Gasteiger partial charge on any atom is -0.455 e. The molecule has 3 rings (SSSR count). The van der Waals surface area contributed by atoms with E-state index in [1.807, 2.05) is 12.1 Å². The fourth-order valence-corrected chi connectivity index (χ4v) is 2.94. The van der Waals surface area contributed by atoms with Gasteiger partial charge in [-0.25, -0.2) is 9.52 Å². The number of benzene rings is 3. The summed E-state index contributed by atoms with van der Waals surface area (Å²) in [6, 6.07) is 15.9. The van der Waals surface area contributed by atoms with Crippen LogP contribution in [0.2, 0.25) is 0 Å². The normalized spacial score (nSPS) is 11.0. The second-order valence-electron chi connectivity index (χ2n) is 6.00. The van der Waals surface area contributed by atoms with E-state index in [1.165, 1.54) is 11.6 Å². The van der Waals surface area contributed by atoms with Crippen molar-refractivity contribution in [3.8, 4) is 11.5 Å². The van der Waals surface area contributed by atoms with Crippen molar-refractivity contribution in [1.82, 2.24) is 4.72 Å². The monoisotopic (exact) mass is 415 g/mol. The molecule has 0 spiro atoms. The summed E-state index contributed by atoms with van der Waals surface area (Å²) in [7, 11) is -4.72. The summed E-state index contributed by atoms with van der Waals surface area (Å²) in [5.74, 6) is 0.471. The largest absolute Gasteiger partial charge is 0.455 e. The van der Waals surface area contributed by atoms with Crippen LogP contribution in [0, 0.1) is 0 Å². The van der Waals surface area contributed by atoms with Crippen molar-refractivity contribution in [3.05, 3.63) is 60.7 Å². The third-order valence-electron chi connectivity index (χ3n) is 3.75. The van der Waals surface area contributed by atoms with Crippen molar-refractivity contribution in [3.63, 3.8) is 0 Å². The lowest BCUT2D eigenvalue weighted by Crippen LogP contribution is -2.33. The predicted octanol–water partition coefficient (Wildman–Crippen LogP) is 3.51. The molecule has 3 aromatic carbocycles. The minimum absolute atomic E-state index is 0.204. The Morgan fingerprint density at radius 1 is 0.931 bits per heavy atom. The van der Waals surface area contributed by atoms with Gasteiger partial charge in [-0.3, -0.25) is 9.35 Å². The van der Waals surface area contributed by atoms with Crippen molar-refractivity contribution >= 4 is 44.4 Å². The number of anilines is 2. The summed E-state index contributed by atoms with van der Waals surface area (Å²) in [6.45, 7) is 1.40. The van der Waals surface area contributed by atoms with Crippen LogP contribution < -0.4 is 20.1 Å². The second-order valence-corrected chi connectivity index (χ2v) is 7.15. The number of amides is 3. The Bertz CT molecular complexity index is 1180. The SMILES string of the molecule is CC(=O)Nc1ccc(Oc2ccc3ccccc3c2NC(=O)NS(=O)(=O)O)cc1. The number of urea groups is 1. The van der Waals surface area contributed by atoms with E-state index in [2.05, 4.69) is 10.6 Å². The quantitative estimate of drug-likeness (QED) is 0.471. The lowest BCUT2D eigenvalue weighted by Gasteiger charge is -2.15. The van der Waals surface area contributed by atoms with Crippen LogP contribution in [0.15, 0.2) is 60.7 Å². The van der Waals surface area contributed by atoms with Crippen molar-refractivity contribution in [1.29, 1.82) is 0 Å². The summed E-state index contributed by atoms with van der Waals surface area (Å²) in [5.41, 5.74) is 0.810. The van der Waals surface area contributed by atoms with E-state index < -0.39 is 16.3 Å². The molecule has 0 aromatic heterocycles. The van der Waals surface area contributed by atoms with Gasteiger partial charge >= 0.3 is 16.3 Å². The highest BCUT2D eigenvalue weighted by Gasteiger charge is 2.16. The smallest absolute Gasteiger partial charge is 0.361 e. The number of carbonyl (C=O) groups is 2. The average Bonchev–Trinajstić information content (AvgIpc) is 2.63. The van der Waals surface area contributed by atoms with Crippen molar-refractivity contribution in [2.75, 3.05) is 10.6 Å². The van der Waals surface area contributed by atoms with Gasteiger partial charge < -0.3 is 15.4 Å². The van der Waals surface area contributed by atoms with Gasteiger partial charge in [0, 0.05) is 18.0 Å². The van der Waals surface area contributed by atoms with E-state index in [9.17, 15) is 18.0 Å². The first-order valence-corrected chi connectivity index (χ1v) is 9.79. The average molecular weight is 415 g/mol. The fourth-order valence-electron chi connectivity index (χ4n) is 2.66. The molecular weight excluding hydrogens is 398 g/mol. The topological polar surface area (TPSA) is 134 Å². The van der Waals surface area contributed by atoms with Crippen molar-refractivity contribution in [2.45, 2.75) is 6.92 Å². The van der Waals surface area contributed by atoms with Crippen LogP contribution in [0.25, 0.3) is 10.8 Å². The van der Waals surface area contributed by atoms with Crippen LogP contribution in [-0.4, -0.2) is 24.9 Å². The number of hydrogen-bond donors (Lipinski definition) is 4. The molecule has 0 unspecified atom stereocenters. The molecule has 0 aliphatic rings. The van der Waals surface area contributed by atoms with Gasteiger partial charge in [0.15, 0.2) is 5.75 Å². The fraction of sp³-hybridized carbons (Fsp3) is 0.0526. The van der Waals surface area contributed by atoms with Gasteiger partial charge in [0.2, 0.25) is 5.91 Å². The number of hydrogen-bond acceptors (Lipinski definition) is 5. The minimum atomic E-state index is -4.72. The lowest BCUT2D eigenvalue weighted by molar-refractivity contribution is -0.114. The highest BCUT2D eigenvalue weighted by molar-refractivity contribution is 7.84. The van der Waals surface area contributed by atoms with E-state index >= 15 is 0 Å². The molecule has 0 heterocycles. The van der Waals surface area contributed by atoms with Gasteiger partial charge in [0.05, 0.1) is 5.69 Å². The predicted molar refractivity (Wildman–Crippen MR) is 108 cm³/mol. The molecule has 0 saturated carbocycles. The number of nitrogens with one attached hydrogen (secondary N) is 3. The van der Waals surface area contributed by atoms with Crippen molar-refractivity contribution in [2.24, 2.45) is 0 Å². The second kappa shape index (κ2) is 8.17. The number of fused-ring (bicyclic) bond motifs is 1. The van der Waals surface area contributed by atoms with Crippen LogP contribution >= 0.6 is 0 Å². The standard InChI is InChI=1S/C19H17N3O6S/c1-12(23)20-14-7-9-15(10-8-14)28-17-11-6-13-4-2-3-5-16(13)18(17)21-19(24)22-29(25,26)27/h2-11H,1H3,(H,20,23)(H2,21,22,24)(H,25,26,27). The van der Waals surface area contributed by atoms with Gasteiger partial charge in [-0.15, -0.1) is 0 Å². The first kappa shape index (κ1) is 20.1. The van der Waals surface area contributed by atoms with Crippen LogP contribution in [0.1, 0.15) is 6.92 Å². The molecule has 3 aromatic rings. The Balaban J connectivity index is 1.94. The molecule has 29 heavy (non-hydrogen) atoms. The van der Waals surface area contributed by atoms with Crippen LogP contribution in [-0.2, 0) is 15.1 Å². The molecule has 3 amide bonds. The molecular formula is C19H17N3O6S. The zero-order valence-corrected chi connectivity index (χ0v) is 16.0. The van der Waals surface area contributed by atoms with E-state index in [0.717, 1.165) is 5.39 Å². The lowest BCUT2D eigenvalue weighted by atomic mass is 10.1. The van der Waals surface area contributed by atoms with E-state index in [0.29, 0.717) is 16.8 Å². The summed E-state index contributed by atoms with van der Waals surface area (Å²) >= 11 is 0. The van der Waals surface area contributed by atoms with Gasteiger partial charge in [0.25, 0.3) is 0 Å². The molecule has 4 N–H and O–H groups in total. The Morgan fingerprint density at radius 3 is 2.28 bits per heavy atom. The molecule has 0 bridgehead atoms. The van der Waals surface area contributed by atoms with Gasteiger partial charge in [-0.2, -0.15) is 8.42 Å². The summed E-state index contributed by atoms with van der Waals surface area (Å²) in [4.78, 5) is 23.1. The number of ether oxygens (including phenoxy) is 1. The molecule has 0 aliphatic carbocycles. The molecule has 10 heteroatoms. The highest BCUT2D eigenvalue weighted by atomic mass is 32.2. The highest BCUT2D eigenvalue weighted by Crippen LogP contribution is 2.36. The Hall–Kier alpha value is -3.63. The molecule has 0 radical (unpaired) electrons. The molecule has 0 saturated heterocycles. The van der Waals surface area contributed by atoms with Gasteiger partial charge in [-0.05, 0) is 35.7 Å². The summed E-state index contributed by atoms with van der Waals surface area (Å²) in [6.07, 6.45) is 0. The maximum atomic E-state index is 12.0. The Labute approximate surface area is 166 Å².